The third-order valence-electron chi connectivity index (χ3n) is 2.34. The Kier molecular flexibility index (Phi) is 5.19. The van der Waals surface area contributed by atoms with E-state index in [0.717, 1.165) is 0 Å². The molecule has 0 saturated heterocycles. The van der Waals surface area contributed by atoms with Gasteiger partial charge in [0.1, 0.15) is 0 Å². The molecule has 102 valence electrons. The molecule has 1 rings (SSSR count). The van der Waals surface area contributed by atoms with Crippen molar-refractivity contribution in [3.63, 3.8) is 0 Å². The molecule has 0 atom stereocenters. The first-order chi connectivity index (χ1) is 8.35. The molecule has 7 heteroatoms. The minimum absolute atomic E-state index is 0.0650. The van der Waals surface area contributed by atoms with Gasteiger partial charge in [-0.3, -0.25) is 0 Å². The van der Waals surface area contributed by atoms with Crippen molar-refractivity contribution in [3.05, 3.63) is 24.3 Å². The lowest BCUT2D eigenvalue weighted by Crippen LogP contribution is -2.15. The Hall–Kier alpha value is -0.590. The average molecular weight is 311 g/mol. The van der Waals surface area contributed by atoms with Crippen LogP contribution in [0.4, 0.5) is 0 Å². The molecular formula is C11H15ClO4S2. The van der Waals surface area contributed by atoms with Crippen LogP contribution < -0.4 is 0 Å². The molecule has 1 aromatic carbocycles. The molecular weight excluding hydrogens is 296 g/mol. The predicted molar refractivity (Wildman–Crippen MR) is 71.6 cm³/mol. The highest BCUT2D eigenvalue weighted by atomic mass is 35.5. The molecule has 0 aromatic heterocycles. The van der Waals surface area contributed by atoms with E-state index >= 15 is 0 Å². The van der Waals surface area contributed by atoms with Crippen LogP contribution in [0, 0.1) is 0 Å². The molecule has 0 aliphatic rings. The van der Waals surface area contributed by atoms with Crippen LogP contribution in [0.2, 0.25) is 0 Å². The highest BCUT2D eigenvalue weighted by Crippen LogP contribution is 2.23. The summed E-state index contributed by atoms with van der Waals surface area (Å²) in [6, 6.07) is 5.66. The van der Waals surface area contributed by atoms with Crippen molar-refractivity contribution in [3.8, 4) is 0 Å². The summed E-state index contributed by atoms with van der Waals surface area (Å²) in [4.78, 5) is -0.281. The summed E-state index contributed by atoms with van der Waals surface area (Å²) < 4.78 is 47.9. The van der Waals surface area contributed by atoms with Gasteiger partial charge in [0.05, 0.1) is 21.3 Å². The zero-order valence-corrected chi connectivity index (χ0v) is 12.4. The summed E-state index contributed by atoms with van der Waals surface area (Å²) in [7, 11) is -7.22. The van der Waals surface area contributed by atoms with Gasteiger partial charge in [-0.25, -0.2) is 16.8 Å². The Balaban J connectivity index is 3.41. The summed E-state index contributed by atoms with van der Waals surface area (Å²) in [6.45, 7) is 1.73. The van der Waals surface area contributed by atoms with E-state index in [9.17, 15) is 16.8 Å². The van der Waals surface area contributed by atoms with Crippen LogP contribution in [0.3, 0.4) is 0 Å². The molecule has 0 spiro atoms. The van der Waals surface area contributed by atoms with Crippen molar-refractivity contribution in [2.24, 2.45) is 0 Å². The maximum Gasteiger partial charge on any atom is 0.180 e. The summed E-state index contributed by atoms with van der Waals surface area (Å²) in [5, 5.41) is 0. The second-order valence-electron chi connectivity index (χ2n) is 3.77. The zero-order chi connectivity index (χ0) is 13.8. The van der Waals surface area contributed by atoms with E-state index in [1.54, 1.807) is 6.92 Å². The summed E-state index contributed by atoms with van der Waals surface area (Å²) in [6.07, 6.45) is 0.437. The van der Waals surface area contributed by atoms with Crippen molar-refractivity contribution in [1.29, 1.82) is 0 Å². The van der Waals surface area contributed by atoms with Gasteiger partial charge >= 0.3 is 0 Å². The van der Waals surface area contributed by atoms with Crippen LogP contribution in [0.25, 0.3) is 0 Å². The topological polar surface area (TPSA) is 68.3 Å². The molecule has 0 saturated carbocycles. The van der Waals surface area contributed by atoms with Crippen molar-refractivity contribution < 1.29 is 16.8 Å². The van der Waals surface area contributed by atoms with Crippen LogP contribution in [0.5, 0.6) is 0 Å². The van der Waals surface area contributed by atoms with Gasteiger partial charge in [-0.1, -0.05) is 19.1 Å². The summed E-state index contributed by atoms with van der Waals surface area (Å²) in [5.74, 6) is -0.405. The normalized spacial score (nSPS) is 12.6. The number of hydrogen-bond acceptors (Lipinski definition) is 4. The van der Waals surface area contributed by atoms with Crippen LogP contribution in [-0.2, 0) is 19.7 Å². The fourth-order valence-electron chi connectivity index (χ4n) is 1.55. The van der Waals surface area contributed by atoms with Crippen molar-refractivity contribution in [2.75, 3.05) is 17.4 Å². The molecule has 0 unspecified atom stereocenters. The van der Waals surface area contributed by atoms with Gasteiger partial charge in [-0.15, -0.1) is 11.6 Å². The minimum Gasteiger partial charge on any atom is -0.224 e. The number of rotatable bonds is 6. The van der Waals surface area contributed by atoms with E-state index in [1.165, 1.54) is 24.3 Å². The number of alkyl halides is 1. The van der Waals surface area contributed by atoms with E-state index in [0.29, 0.717) is 6.42 Å². The fraction of sp³-hybridized carbons (Fsp3) is 0.455. The molecule has 0 aliphatic carbocycles. The highest BCUT2D eigenvalue weighted by Gasteiger charge is 2.25. The highest BCUT2D eigenvalue weighted by molar-refractivity contribution is 7.94. The Labute approximate surface area is 113 Å². The number of halogens is 1. The van der Waals surface area contributed by atoms with Crippen molar-refractivity contribution in [1.82, 2.24) is 0 Å². The van der Waals surface area contributed by atoms with Gasteiger partial charge in [-0.2, -0.15) is 0 Å². The quantitative estimate of drug-likeness (QED) is 0.752. The van der Waals surface area contributed by atoms with E-state index < -0.39 is 19.7 Å². The monoisotopic (exact) mass is 310 g/mol. The van der Waals surface area contributed by atoms with Gasteiger partial charge in [0, 0.05) is 5.88 Å². The number of benzene rings is 1. The largest absolute Gasteiger partial charge is 0.224 e. The van der Waals surface area contributed by atoms with Gasteiger partial charge in [0.2, 0.25) is 0 Å². The maximum absolute atomic E-state index is 12.0. The Morgan fingerprint density at radius 3 is 1.78 bits per heavy atom. The van der Waals surface area contributed by atoms with Crippen LogP contribution in [0.1, 0.15) is 13.3 Å². The van der Waals surface area contributed by atoms with Crippen LogP contribution in [0.15, 0.2) is 34.1 Å². The summed E-state index contributed by atoms with van der Waals surface area (Å²) in [5.41, 5.74) is 0. The van der Waals surface area contributed by atoms with Gasteiger partial charge in [-0.05, 0) is 18.6 Å². The second kappa shape index (κ2) is 6.04. The molecule has 4 nitrogen and oxygen atoms in total. The predicted octanol–water partition coefficient (Wildman–Crippen LogP) is 1.88. The van der Waals surface area contributed by atoms with Gasteiger partial charge in [0.25, 0.3) is 0 Å². The fourth-order valence-corrected chi connectivity index (χ4v) is 5.43. The Bertz CT molecular complexity index is 551. The maximum atomic E-state index is 12.0. The number of hydrogen-bond donors (Lipinski definition) is 0. The molecule has 0 aliphatic heterocycles. The Morgan fingerprint density at radius 2 is 1.39 bits per heavy atom. The molecule has 18 heavy (non-hydrogen) atoms. The molecule has 1 aromatic rings. The van der Waals surface area contributed by atoms with Crippen LogP contribution in [-0.4, -0.2) is 34.2 Å². The standard InChI is InChI=1S/C11H15ClO4S2/c1-2-8-17(13,14)10-5-3-4-6-11(10)18(15,16)9-7-12/h3-6H,2,7-9H2,1H3. The van der Waals surface area contributed by atoms with Crippen molar-refractivity contribution >= 4 is 31.3 Å². The lowest BCUT2D eigenvalue weighted by atomic mass is 10.4. The van der Waals surface area contributed by atoms with E-state index in [1.807, 2.05) is 0 Å². The molecule has 0 heterocycles. The molecule has 0 bridgehead atoms. The first kappa shape index (κ1) is 15.5. The average Bonchev–Trinajstić information content (AvgIpc) is 2.29. The molecule has 0 radical (unpaired) electrons. The summed E-state index contributed by atoms with van der Waals surface area (Å²) >= 11 is 5.44. The third-order valence-corrected chi connectivity index (χ3v) is 6.62. The van der Waals surface area contributed by atoms with E-state index in [2.05, 4.69) is 0 Å². The van der Waals surface area contributed by atoms with Gasteiger partial charge in [0.15, 0.2) is 19.7 Å². The van der Waals surface area contributed by atoms with E-state index in [4.69, 9.17) is 11.6 Å². The molecule has 0 amide bonds. The Morgan fingerprint density at radius 1 is 0.944 bits per heavy atom. The second-order valence-corrected chi connectivity index (χ2v) is 8.31. The third kappa shape index (κ3) is 3.46. The smallest absolute Gasteiger partial charge is 0.180 e. The first-order valence-electron chi connectivity index (χ1n) is 5.45. The van der Waals surface area contributed by atoms with Crippen LogP contribution >= 0.6 is 11.6 Å². The lowest BCUT2D eigenvalue weighted by molar-refractivity contribution is 0.582. The molecule has 0 fully saturated rings. The number of sulfone groups is 2. The lowest BCUT2D eigenvalue weighted by Gasteiger charge is -2.09. The van der Waals surface area contributed by atoms with E-state index in [-0.39, 0.29) is 27.2 Å². The van der Waals surface area contributed by atoms with Crippen molar-refractivity contribution in [2.45, 2.75) is 23.1 Å². The van der Waals surface area contributed by atoms with Gasteiger partial charge < -0.3 is 0 Å². The minimum atomic E-state index is -3.65. The zero-order valence-electron chi connectivity index (χ0n) is 9.97. The first-order valence-corrected chi connectivity index (χ1v) is 9.29. The molecule has 0 N–H and O–H groups in total. The SMILES string of the molecule is CCCS(=O)(=O)c1ccccc1S(=O)(=O)CCCl.